The second-order valence-corrected chi connectivity index (χ2v) is 7.96. The Morgan fingerprint density at radius 2 is 1.42 bits per heavy atom. The lowest BCUT2D eigenvalue weighted by Gasteiger charge is -2.42. The minimum Gasteiger partial charge on any atom is -0.548 e. The van der Waals surface area contributed by atoms with Crippen molar-refractivity contribution in [2.24, 2.45) is 0 Å². The molecule has 0 radical (unpaired) electrons. The summed E-state index contributed by atoms with van der Waals surface area (Å²) in [5.74, 6) is -1.39. The summed E-state index contributed by atoms with van der Waals surface area (Å²) in [7, 11) is 0. The van der Waals surface area contributed by atoms with Gasteiger partial charge in [-0.2, -0.15) is 0 Å². The molecule has 0 atom stereocenters. The van der Waals surface area contributed by atoms with Crippen LogP contribution in [0, 0.1) is 0 Å². The highest BCUT2D eigenvalue weighted by molar-refractivity contribution is 5.83. The number of alkyl carbamates (subject to hydrolysis) is 1. The van der Waals surface area contributed by atoms with Crippen LogP contribution in [-0.4, -0.2) is 52.9 Å². The Morgan fingerprint density at radius 1 is 0.958 bits per heavy atom. The fourth-order valence-corrected chi connectivity index (χ4v) is 2.28. The van der Waals surface area contributed by atoms with Crippen molar-refractivity contribution in [1.82, 2.24) is 10.2 Å². The van der Waals surface area contributed by atoms with Gasteiger partial charge in [0.1, 0.15) is 11.2 Å². The molecule has 1 rings (SSSR count). The third-order valence-corrected chi connectivity index (χ3v) is 3.40. The number of nitrogens with one attached hydrogen (secondary N) is 1. The van der Waals surface area contributed by atoms with Crippen LogP contribution in [0.3, 0.4) is 0 Å². The molecule has 0 aromatic rings. The molecule has 0 unspecified atom stereocenters. The molecule has 0 aliphatic carbocycles. The lowest BCUT2D eigenvalue weighted by atomic mass is 9.88. The van der Waals surface area contributed by atoms with E-state index in [0.29, 0.717) is 0 Å². The lowest BCUT2D eigenvalue weighted by molar-refractivity contribution is -0.315. The number of hydrogen-bond acceptors (Lipinski definition) is 6. The summed E-state index contributed by atoms with van der Waals surface area (Å²) in [6.07, 6.45) is -1.29. The fourth-order valence-electron chi connectivity index (χ4n) is 2.28. The van der Waals surface area contributed by atoms with Crippen LogP contribution in [0.5, 0.6) is 0 Å². The summed E-state index contributed by atoms with van der Waals surface area (Å²) in [4.78, 5) is 36.9. The predicted octanol–water partition coefficient (Wildman–Crippen LogP) is 1.03. The summed E-state index contributed by atoms with van der Waals surface area (Å²) in [6, 6.07) is 0. The first kappa shape index (κ1) is 20.1. The Morgan fingerprint density at radius 3 is 1.79 bits per heavy atom. The number of nitrogens with zero attached hydrogens (tertiary/aromatic N) is 1. The van der Waals surface area contributed by atoms with Gasteiger partial charge in [-0.3, -0.25) is 0 Å². The molecular formula is C16H27N2O6-. The molecule has 1 aliphatic rings. The highest BCUT2D eigenvalue weighted by Gasteiger charge is 2.40. The predicted molar refractivity (Wildman–Crippen MR) is 84.1 cm³/mol. The summed E-state index contributed by atoms with van der Waals surface area (Å²) < 4.78 is 10.4. The van der Waals surface area contributed by atoms with Crippen LogP contribution in [0.2, 0.25) is 0 Å². The first-order valence-corrected chi connectivity index (χ1v) is 7.95. The van der Waals surface area contributed by atoms with Gasteiger partial charge in [0.05, 0.1) is 11.5 Å². The smallest absolute Gasteiger partial charge is 0.410 e. The maximum atomic E-state index is 12.0. The number of hydrogen-bond donors (Lipinski definition) is 1. The number of carbonyl (C=O) groups excluding carboxylic acids is 3. The first-order valence-electron chi connectivity index (χ1n) is 7.95. The van der Waals surface area contributed by atoms with Gasteiger partial charge in [0.15, 0.2) is 0 Å². The molecule has 1 heterocycles. The second kappa shape index (κ2) is 6.86. The van der Waals surface area contributed by atoms with Crippen molar-refractivity contribution in [2.45, 2.75) is 71.1 Å². The van der Waals surface area contributed by atoms with E-state index in [1.807, 2.05) is 0 Å². The van der Waals surface area contributed by atoms with Crippen molar-refractivity contribution in [2.75, 3.05) is 13.1 Å². The largest absolute Gasteiger partial charge is 0.548 e. The summed E-state index contributed by atoms with van der Waals surface area (Å²) in [6.45, 7) is 10.6. The molecule has 2 amide bonds. The van der Waals surface area contributed by atoms with E-state index < -0.39 is 34.9 Å². The van der Waals surface area contributed by atoms with Gasteiger partial charge in [-0.25, -0.2) is 9.59 Å². The van der Waals surface area contributed by atoms with Crippen LogP contribution in [0.1, 0.15) is 54.4 Å². The Kier molecular flexibility index (Phi) is 5.74. The van der Waals surface area contributed by atoms with Gasteiger partial charge in [-0.15, -0.1) is 0 Å². The first-order chi connectivity index (χ1) is 10.7. The minimum absolute atomic E-state index is 0.0216. The van der Waals surface area contributed by atoms with Crippen LogP contribution in [-0.2, 0) is 14.3 Å². The third kappa shape index (κ3) is 5.90. The van der Waals surface area contributed by atoms with Crippen molar-refractivity contribution in [3.05, 3.63) is 0 Å². The molecule has 0 spiro atoms. The normalized spacial score (nSPS) is 17.8. The van der Waals surface area contributed by atoms with Gasteiger partial charge in [-0.05, 0) is 54.4 Å². The number of carboxylic acids is 1. The maximum Gasteiger partial charge on any atom is 0.410 e. The van der Waals surface area contributed by atoms with Crippen LogP contribution in [0.25, 0.3) is 0 Å². The third-order valence-electron chi connectivity index (χ3n) is 3.40. The molecule has 0 saturated carbocycles. The molecule has 1 N–H and O–H groups in total. The minimum atomic E-state index is -1.55. The number of amides is 2. The van der Waals surface area contributed by atoms with Crippen LogP contribution in [0.15, 0.2) is 0 Å². The van der Waals surface area contributed by atoms with E-state index in [2.05, 4.69) is 5.32 Å². The van der Waals surface area contributed by atoms with Crippen molar-refractivity contribution in [1.29, 1.82) is 0 Å². The Hall–Kier alpha value is -1.99. The van der Waals surface area contributed by atoms with E-state index in [9.17, 15) is 19.5 Å². The van der Waals surface area contributed by atoms with Gasteiger partial charge >= 0.3 is 12.2 Å². The Labute approximate surface area is 142 Å². The standard InChI is InChI=1S/C16H28N2O6/c1-14(2,3)23-12(21)17-16(11(19)20)7-9-18(10-8-16)13(22)24-15(4,5)6/h7-10H2,1-6H3,(H,17,21)(H,19,20)/p-1. The molecule has 24 heavy (non-hydrogen) atoms. The average Bonchev–Trinajstić information content (AvgIpc) is 2.34. The van der Waals surface area contributed by atoms with E-state index in [4.69, 9.17) is 9.47 Å². The highest BCUT2D eigenvalue weighted by Crippen LogP contribution is 2.24. The number of carboxylic acid groups (broad SMARTS) is 1. The van der Waals surface area contributed by atoms with Gasteiger partial charge in [0, 0.05) is 13.1 Å². The number of ether oxygens (including phenoxy) is 2. The molecule has 1 aliphatic heterocycles. The van der Waals surface area contributed by atoms with Gasteiger partial charge in [0.25, 0.3) is 0 Å². The molecule has 0 bridgehead atoms. The number of aliphatic carboxylic acids is 1. The molecule has 8 nitrogen and oxygen atoms in total. The number of rotatable bonds is 2. The van der Waals surface area contributed by atoms with Crippen molar-refractivity contribution in [3.63, 3.8) is 0 Å². The van der Waals surface area contributed by atoms with E-state index in [1.165, 1.54) is 4.90 Å². The van der Waals surface area contributed by atoms with E-state index in [1.54, 1.807) is 41.5 Å². The van der Waals surface area contributed by atoms with Crippen LogP contribution < -0.4 is 10.4 Å². The summed E-state index contributed by atoms with van der Waals surface area (Å²) >= 11 is 0. The van der Waals surface area contributed by atoms with E-state index in [-0.39, 0.29) is 25.9 Å². The van der Waals surface area contributed by atoms with Crippen molar-refractivity contribution < 1.29 is 29.0 Å². The zero-order valence-corrected chi connectivity index (χ0v) is 15.2. The number of piperidine rings is 1. The average molecular weight is 343 g/mol. The summed E-state index contributed by atoms with van der Waals surface area (Å²) in [5, 5.41) is 14.0. The number of likely N-dealkylation sites (tertiary alicyclic amines) is 1. The molecule has 8 heteroatoms. The highest BCUT2D eigenvalue weighted by atomic mass is 16.6. The van der Waals surface area contributed by atoms with Crippen molar-refractivity contribution >= 4 is 18.2 Å². The van der Waals surface area contributed by atoms with Crippen molar-refractivity contribution in [3.8, 4) is 0 Å². The lowest BCUT2D eigenvalue weighted by Crippen LogP contribution is -2.65. The summed E-state index contributed by atoms with van der Waals surface area (Å²) in [5.41, 5.74) is -2.93. The van der Waals surface area contributed by atoms with Crippen LogP contribution in [0.4, 0.5) is 9.59 Å². The van der Waals surface area contributed by atoms with E-state index >= 15 is 0 Å². The molecule has 138 valence electrons. The monoisotopic (exact) mass is 343 g/mol. The second-order valence-electron chi connectivity index (χ2n) is 7.96. The fraction of sp³-hybridized carbons (Fsp3) is 0.812. The zero-order chi connectivity index (χ0) is 18.8. The van der Waals surface area contributed by atoms with Gasteiger partial charge in [-0.1, -0.05) is 0 Å². The SMILES string of the molecule is CC(C)(C)OC(=O)NC1(C(=O)[O-])CCN(C(=O)OC(C)(C)C)CC1. The topological polar surface area (TPSA) is 108 Å². The molecule has 0 aromatic heterocycles. The van der Waals surface area contributed by atoms with Gasteiger partial charge in [0.2, 0.25) is 0 Å². The zero-order valence-electron chi connectivity index (χ0n) is 15.2. The Bertz CT molecular complexity index is 496. The molecular weight excluding hydrogens is 316 g/mol. The molecule has 1 fully saturated rings. The maximum absolute atomic E-state index is 12.0. The molecule has 1 saturated heterocycles. The quantitative estimate of drug-likeness (QED) is 0.802. The Balaban J connectivity index is 2.72. The molecule has 0 aromatic carbocycles. The van der Waals surface area contributed by atoms with Gasteiger partial charge < -0.3 is 29.6 Å². The van der Waals surface area contributed by atoms with E-state index in [0.717, 1.165) is 0 Å². The number of carbonyl (C=O) groups is 3. The van der Waals surface area contributed by atoms with Crippen LogP contribution >= 0.6 is 0 Å².